The van der Waals surface area contributed by atoms with Gasteiger partial charge < -0.3 is 0 Å². The molecule has 0 bridgehead atoms. The lowest BCUT2D eigenvalue weighted by Gasteiger charge is -2.03. The van der Waals surface area contributed by atoms with E-state index in [0.717, 1.165) is 8.06 Å². The van der Waals surface area contributed by atoms with Gasteiger partial charge in [0, 0.05) is 22.0 Å². The van der Waals surface area contributed by atoms with Crippen LogP contribution in [0.4, 0.5) is 0 Å². The van der Waals surface area contributed by atoms with E-state index in [0.29, 0.717) is 0 Å². The van der Waals surface area contributed by atoms with Gasteiger partial charge in [-0.15, -0.1) is 5.16 Å². The first-order valence-electron chi connectivity index (χ1n) is 2.51. The molecule has 70 valence electrons. The van der Waals surface area contributed by atoms with Gasteiger partial charge in [0.05, 0.1) is 0 Å². The van der Waals surface area contributed by atoms with Crippen LogP contribution >= 0.6 is 81.2 Å². The molecule has 0 amide bonds. The molecular weight excluding hydrogens is 338 g/mol. The van der Waals surface area contributed by atoms with Crippen LogP contribution in [0.5, 0.6) is 0 Å². The molecule has 0 saturated heterocycles. The molecule has 0 aliphatic heterocycles. The Labute approximate surface area is 90.8 Å². The molecule has 2 nitrogen and oxygen atoms in total. The fraction of sp³-hybridized carbons (Fsp3) is 0. The third kappa shape index (κ3) is 7.87. The normalized spacial score (nSPS) is 16.1. The van der Waals surface area contributed by atoms with E-state index in [1.807, 2.05) is 0 Å². The molecule has 0 fully saturated rings. The van der Waals surface area contributed by atoms with E-state index >= 15 is 0 Å². The Kier molecular flexibility index (Phi) is 11.4. The van der Waals surface area contributed by atoms with Crippen LogP contribution in [0.1, 0.15) is 0 Å². The summed E-state index contributed by atoms with van der Waals surface area (Å²) < 4.78 is 4.55. The molecule has 1 N–H and O–H groups in total. The van der Waals surface area contributed by atoms with E-state index in [1.54, 1.807) is 0 Å². The van der Waals surface area contributed by atoms with Crippen molar-refractivity contribution in [3.8, 4) is 0 Å². The minimum Gasteiger partial charge on any atom is -0.188 e. The molecule has 7 atom stereocenters. The fourth-order valence-electron chi connectivity index (χ4n) is 0.283. The minimum absolute atomic E-state index is 0.118. The Bertz CT molecular complexity index is 169. The Morgan fingerprint density at radius 2 is 1.75 bits per heavy atom. The molecule has 7 unspecified atom stereocenters. The Balaban J connectivity index is 4.24. The maximum atomic E-state index is 7.65. The van der Waals surface area contributed by atoms with Crippen LogP contribution in [-0.2, 0) is 0 Å². The number of hydrogen-bond donors (Lipinski definition) is 1. The van der Waals surface area contributed by atoms with Crippen LogP contribution in [0.15, 0.2) is 4.52 Å². The zero-order valence-corrected chi connectivity index (χ0v) is 16.3. The number of rotatable bonds is 4. The van der Waals surface area contributed by atoms with Crippen molar-refractivity contribution < 1.29 is 0 Å². The summed E-state index contributed by atoms with van der Waals surface area (Å²) >= 11 is 0. The molecule has 0 radical (unpaired) electrons. The van der Waals surface area contributed by atoms with E-state index in [9.17, 15) is 0 Å². The summed E-state index contributed by atoms with van der Waals surface area (Å²) in [5.41, 5.74) is 0. The van der Waals surface area contributed by atoms with Gasteiger partial charge in [-0.2, -0.15) is 4.52 Å². The molecule has 0 rings (SSSR count). The number of nitrogens with one attached hydrogen (secondary N) is 1. The van der Waals surface area contributed by atoms with Crippen LogP contribution < -0.4 is 0 Å². The topological polar surface area (TPSA) is 36.2 Å². The molecule has 0 aromatic rings. The van der Waals surface area contributed by atoms with Crippen molar-refractivity contribution in [2.75, 3.05) is 0 Å². The van der Waals surface area contributed by atoms with Gasteiger partial charge in [0.15, 0.2) is 0 Å². The van der Waals surface area contributed by atoms with Crippen LogP contribution in [0.2, 0.25) is 0 Å². The monoisotopic (exact) mass is 349 g/mol. The zero-order chi connectivity index (χ0) is 9.72. The highest BCUT2D eigenvalue weighted by molar-refractivity contribution is 8.88. The summed E-state index contributed by atoms with van der Waals surface area (Å²) in [5.74, 6) is 0. The highest BCUT2D eigenvalue weighted by Crippen LogP contribution is 2.93. The smallest absolute Gasteiger partial charge is 0.188 e. The molecule has 12 heavy (non-hydrogen) atoms. The second-order valence-electron chi connectivity index (χ2n) is 1.55. The predicted octanol–water partition coefficient (Wildman–Crippen LogP) is 6.42. The van der Waals surface area contributed by atoms with Crippen LogP contribution in [0, 0.1) is 5.16 Å². The van der Waals surface area contributed by atoms with Gasteiger partial charge in [0.25, 0.3) is 14.5 Å². The maximum Gasteiger partial charge on any atom is 0.295 e. The Morgan fingerprint density at radius 1 is 1.25 bits per heavy atom. The average Bonchev–Trinajstić information content (AvgIpc) is 1.84. The lowest BCUT2D eigenvalue weighted by molar-refractivity contribution is 1.65. The average molecular weight is 349 g/mol. The summed E-state index contributed by atoms with van der Waals surface area (Å²) in [5, 5.41) is 7.65. The molecule has 0 heterocycles. The van der Waals surface area contributed by atoms with Gasteiger partial charge in [-0.05, 0) is 0 Å². The van der Waals surface area contributed by atoms with Crippen molar-refractivity contribution in [2.24, 2.45) is 4.52 Å². The second-order valence-corrected chi connectivity index (χ2v) is 31.3. The third-order valence-electron chi connectivity index (χ3n) is 0.623. The molecule has 0 spiro atoms. The highest BCUT2D eigenvalue weighted by atomic mass is 32.9. The SMILES string of the molecule is N=[P+](P)P(N=PP(P)P)P(P)P. The molecule has 0 aliphatic rings. The van der Waals surface area contributed by atoms with Crippen molar-refractivity contribution in [1.82, 2.24) is 0 Å². The number of hydrogen-bond acceptors (Lipinski definition) is 2. The van der Waals surface area contributed by atoms with Gasteiger partial charge >= 0.3 is 0 Å². The largest absolute Gasteiger partial charge is 0.295 e. The van der Waals surface area contributed by atoms with Crippen LogP contribution in [0.25, 0.3) is 0 Å². The summed E-state index contributed by atoms with van der Waals surface area (Å²) in [7, 11) is 13.7. The van der Waals surface area contributed by atoms with Gasteiger partial charge in [-0.25, -0.2) is 0 Å². The van der Waals surface area contributed by atoms with Gasteiger partial charge in [-0.3, -0.25) is 0 Å². The van der Waals surface area contributed by atoms with Gasteiger partial charge in [-0.1, -0.05) is 35.7 Å². The Morgan fingerprint density at radius 3 is 2.00 bits per heavy atom. The van der Waals surface area contributed by atoms with Gasteiger partial charge in [0.1, 0.15) is 8.93 Å². The van der Waals surface area contributed by atoms with Crippen molar-refractivity contribution in [3.05, 3.63) is 0 Å². The Hall–Kier alpha value is 3.64. The van der Waals surface area contributed by atoms with Crippen molar-refractivity contribution >= 4 is 81.2 Å². The first-order chi connectivity index (χ1) is 5.45. The van der Waals surface area contributed by atoms with Crippen molar-refractivity contribution in [2.45, 2.75) is 0 Å². The standard InChI is InChI=1S/H11N2P10/c1-9(3)10(12(6)7)2-8-11(4)5/h1H,3-7H2/q+1. The summed E-state index contributed by atoms with van der Waals surface area (Å²) in [6.45, 7) is -0.315. The fourth-order valence-corrected chi connectivity index (χ4v) is 31.5. The molecular formula is H11N2P10+. The van der Waals surface area contributed by atoms with Crippen molar-refractivity contribution in [3.63, 3.8) is 0 Å². The first-order valence-corrected chi connectivity index (χ1v) is 18.9. The molecule has 0 aromatic carbocycles. The lowest BCUT2D eigenvalue weighted by Crippen LogP contribution is -1.38. The quantitative estimate of drug-likeness (QED) is 0.569. The summed E-state index contributed by atoms with van der Waals surface area (Å²) in [4.78, 5) is 0. The van der Waals surface area contributed by atoms with E-state index in [1.165, 1.54) is 0 Å². The first kappa shape index (κ1) is 15.6. The molecule has 12 heteroatoms. The lowest BCUT2D eigenvalue weighted by atomic mass is 13.9. The van der Waals surface area contributed by atoms with E-state index in [2.05, 4.69) is 49.2 Å². The summed E-state index contributed by atoms with van der Waals surface area (Å²) in [6, 6.07) is 0. The highest BCUT2D eigenvalue weighted by Gasteiger charge is 2.26. The number of nitrogens with zero attached hydrogens (tertiary/aromatic N) is 1. The minimum atomic E-state index is -0.697. The predicted molar refractivity (Wildman–Crippen MR) is 88.3 cm³/mol. The van der Waals surface area contributed by atoms with Crippen molar-refractivity contribution in [1.29, 1.82) is 5.16 Å². The second kappa shape index (κ2) is 8.75. The third-order valence-corrected chi connectivity index (χ3v) is 24.4. The van der Waals surface area contributed by atoms with Crippen LogP contribution in [-0.4, -0.2) is 0 Å². The van der Waals surface area contributed by atoms with Crippen LogP contribution in [0.3, 0.4) is 0 Å². The van der Waals surface area contributed by atoms with E-state index < -0.39 is 14.5 Å². The van der Waals surface area contributed by atoms with Gasteiger partial charge in [0.2, 0.25) is 0 Å². The molecule has 0 saturated carbocycles. The molecule has 0 aliphatic carbocycles. The molecule has 0 aromatic heterocycles. The van der Waals surface area contributed by atoms with E-state index in [4.69, 9.17) is 5.16 Å². The maximum absolute atomic E-state index is 7.65. The zero-order valence-electron chi connectivity index (χ0n) is 6.07. The van der Waals surface area contributed by atoms with E-state index in [-0.39, 0.29) is 14.0 Å². The summed E-state index contributed by atoms with van der Waals surface area (Å²) in [6.07, 6.45) is 0.